The van der Waals surface area contributed by atoms with E-state index in [-0.39, 0.29) is 18.2 Å². The summed E-state index contributed by atoms with van der Waals surface area (Å²) in [7, 11) is 0. The molecular weight excluding hydrogens is 278 g/mol. The monoisotopic (exact) mass is 305 g/mol. The normalized spacial score (nSPS) is 21.5. The zero-order valence-corrected chi connectivity index (χ0v) is 14.2. The molecule has 1 aromatic heterocycles. The second-order valence-corrected chi connectivity index (χ2v) is 6.95. The fraction of sp³-hybridized carbons (Fsp3) is 0.647. The van der Waals surface area contributed by atoms with Crippen LogP contribution >= 0.6 is 0 Å². The third-order valence-corrected chi connectivity index (χ3v) is 3.95. The Bertz CT molecular complexity index is 498. The molecule has 0 bridgehead atoms. The van der Waals surface area contributed by atoms with Crippen molar-refractivity contribution in [1.29, 1.82) is 0 Å². The van der Waals surface area contributed by atoms with Gasteiger partial charge in [0.15, 0.2) is 0 Å². The predicted molar refractivity (Wildman–Crippen MR) is 86.6 cm³/mol. The van der Waals surface area contributed by atoms with E-state index in [4.69, 9.17) is 4.74 Å². The number of rotatable bonds is 2. The van der Waals surface area contributed by atoms with E-state index in [1.54, 1.807) is 0 Å². The molecule has 2 heterocycles. The molecule has 2 rings (SSSR count). The molecule has 22 heavy (non-hydrogen) atoms. The lowest BCUT2D eigenvalue weighted by Crippen LogP contribution is -2.55. The third kappa shape index (κ3) is 4.19. The molecule has 5 heteroatoms. The van der Waals surface area contributed by atoms with Gasteiger partial charge in [-0.15, -0.1) is 0 Å². The minimum Gasteiger partial charge on any atom is -0.444 e. The number of hydrogen-bond acceptors (Lipinski definition) is 4. The van der Waals surface area contributed by atoms with Crippen LogP contribution in [0.15, 0.2) is 24.4 Å². The van der Waals surface area contributed by atoms with E-state index in [0.717, 1.165) is 18.8 Å². The van der Waals surface area contributed by atoms with Crippen LogP contribution in [-0.2, 0) is 4.74 Å². The highest BCUT2D eigenvalue weighted by molar-refractivity contribution is 5.68. The van der Waals surface area contributed by atoms with E-state index in [2.05, 4.69) is 29.8 Å². The van der Waals surface area contributed by atoms with Gasteiger partial charge in [0.2, 0.25) is 0 Å². The summed E-state index contributed by atoms with van der Waals surface area (Å²) in [5.74, 6) is 0. The molecule has 0 aromatic carbocycles. The minimum absolute atomic E-state index is 0.134. The molecule has 1 aliphatic rings. The van der Waals surface area contributed by atoms with Crippen molar-refractivity contribution < 1.29 is 9.53 Å². The Morgan fingerprint density at radius 2 is 2.09 bits per heavy atom. The quantitative estimate of drug-likeness (QED) is 0.842. The molecule has 122 valence electrons. The molecule has 1 aliphatic heterocycles. The average Bonchev–Trinajstić information content (AvgIpc) is 2.45. The second kappa shape index (κ2) is 6.65. The maximum atomic E-state index is 12.2. The SMILES string of the molecule is CC(c1ccccn1)N1CCN(C(=O)OC(C)(C)C)C(C)C1. The van der Waals surface area contributed by atoms with E-state index >= 15 is 0 Å². The molecule has 0 radical (unpaired) electrons. The molecule has 5 nitrogen and oxygen atoms in total. The topological polar surface area (TPSA) is 45.7 Å². The van der Waals surface area contributed by atoms with Crippen LogP contribution in [0.5, 0.6) is 0 Å². The highest BCUT2D eigenvalue weighted by Gasteiger charge is 2.32. The molecule has 2 unspecified atom stereocenters. The van der Waals surface area contributed by atoms with Crippen LogP contribution in [0.3, 0.4) is 0 Å². The zero-order valence-electron chi connectivity index (χ0n) is 14.2. The van der Waals surface area contributed by atoms with E-state index < -0.39 is 5.60 Å². The molecule has 1 aromatic rings. The smallest absolute Gasteiger partial charge is 0.410 e. The Balaban J connectivity index is 1.96. The Morgan fingerprint density at radius 3 is 2.64 bits per heavy atom. The van der Waals surface area contributed by atoms with Crippen LogP contribution in [0, 0.1) is 0 Å². The van der Waals surface area contributed by atoms with Gasteiger partial charge in [-0.2, -0.15) is 0 Å². The number of aromatic nitrogens is 1. The van der Waals surface area contributed by atoms with Gasteiger partial charge in [-0.3, -0.25) is 9.88 Å². The van der Waals surface area contributed by atoms with Crippen molar-refractivity contribution in [3.05, 3.63) is 30.1 Å². The molecular formula is C17H27N3O2. The van der Waals surface area contributed by atoms with Gasteiger partial charge < -0.3 is 9.64 Å². The summed E-state index contributed by atoms with van der Waals surface area (Å²) >= 11 is 0. The van der Waals surface area contributed by atoms with Crippen LogP contribution in [0.25, 0.3) is 0 Å². The van der Waals surface area contributed by atoms with Gasteiger partial charge in [-0.05, 0) is 46.8 Å². The van der Waals surface area contributed by atoms with Gasteiger partial charge >= 0.3 is 6.09 Å². The molecule has 1 saturated heterocycles. The molecule has 0 spiro atoms. The first kappa shape index (κ1) is 16.7. The van der Waals surface area contributed by atoms with Crippen molar-refractivity contribution in [2.45, 2.75) is 52.3 Å². The third-order valence-electron chi connectivity index (χ3n) is 3.95. The van der Waals surface area contributed by atoms with Crippen molar-refractivity contribution in [3.63, 3.8) is 0 Å². The number of amides is 1. The largest absolute Gasteiger partial charge is 0.444 e. The molecule has 2 atom stereocenters. The fourth-order valence-corrected chi connectivity index (χ4v) is 2.74. The van der Waals surface area contributed by atoms with Crippen molar-refractivity contribution in [2.24, 2.45) is 0 Å². The lowest BCUT2D eigenvalue weighted by molar-refractivity contribution is -0.00371. The molecule has 0 N–H and O–H groups in total. The van der Waals surface area contributed by atoms with Crippen LogP contribution < -0.4 is 0 Å². The van der Waals surface area contributed by atoms with Gasteiger partial charge in [-0.25, -0.2) is 4.79 Å². The van der Waals surface area contributed by atoms with Crippen LogP contribution in [0.2, 0.25) is 0 Å². The first-order chi connectivity index (χ1) is 10.3. The summed E-state index contributed by atoms with van der Waals surface area (Å²) in [6.07, 6.45) is 1.61. The molecule has 0 aliphatic carbocycles. The Labute approximate surface area is 133 Å². The Kier molecular flexibility index (Phi) is 5.06. The van der Waals surface area contributed by atoms with Gasteiger partial charge in [0.1, 0.15) is 5.60 Å². The van der Waals surface area contributed by atoms with Crippen LogP contribution in [-0.4, -0.2) is 52.2 Å². The summed E-state index contributed by atoms with van der Waals surface area (Å²) < 4.78 is 5.48. The minimum atomic E-state index is -0.449. The lowest BCUT2D eigenvalue weighted by Gasteiger charge is -2.42. The van der Waals surface area contributed by atoms with Crippen molar-refractivity contribution in [3.8, 4) is 0 Å². The second-order valence-electron chi connectivity index (χ2n) is 6.95. The number of nitrogens with zero attached hydrogens (tertiary/aromatic N) is 3. The summed E-state index contributed by atoms with van der Waals surface area (Å²) in [6.45, 7) is 12.3. The molecule has 1 amide bonds. The first-order valence-corrected chi connectivity index (χ1v) is 7.92. The number of carbonyl (C=O) groups excluding carboxylic acids is 1. The predicted octanol–water partition coefficient (Wildman–Crippen LogP) is 3.08. The highest BCUT2D eigenvalue weighted by Crippen LogP contribution is 2.23. The number of carbonyl (C=O) groups is 1. The number of pyridine rings is 1. The van der Waals surface area contributed by atoms with Gasteiger partial charge in [0, 0.05) is 37.9 Å². The van der Waals surface area contributed by atoms with Gasteiger partial charge in [-0.1, -0.05) is 6.07 Å². The highest BCUT2D eigenvalue weighted by atomic mass is 16.6. The maximum absolute atomic E-state index is 12.2. The summed E-state index contributed by atoms with van der Waals surface area (Å²) in [4.78, 5) is 20.9. The Morgan fingerprint density at radius 1 is 1.36 bits per heavy atom. The van der Waals surface area contributed by atoms with Crippen molar-refractivity contribution >= 4 is 6.09 Å². The van der Waals surface area contributed by atoms with Crippen molar-refractivity contribution in [2.75, 3.05) is 19.6 Å². The summed E-state index contributed by atoms with van der Waals surface area (Å²) in [5.41, 5.74) is 0.621. The Hall–Kier alpha value is -1.62. The van der Waals surface area contributed by atoms with E-state index in [9.17, 15) is 4.79 Å². The maximum Gasteiger partial charge on any atom is 0.410 e. The van der Waals surface area contributed by atoms with E-state index in [1.807, 2.05) is 44.0 Å². The van der Waals surface area contributed by atoms with Crippen molar-refractivity contribution in [1.82, 2.24) is 14.8 Å². The standard InChI is InChI=1S/C17H27N3O2/c1-13-12-19(14(2)15-8-6-7-9-18-15)10-11-20(13)16(21)22-17(3,4)5/h6-9,13-14H,10-12H2,1-5H3. The number of ether oxygens (including phenoxy) is 1. The number of hydrogen-bond donors (Lipinski definition) is 0. The lowest BCUT2D eigenvalue weighted by atomic mass is 10.1. The molecule has 0 saturated carbocycles. The van der Waals surface area contributed by atoms with Crippen LogP contribution in [0.4, 0.5) is 4.79 Å². The average molecular weight is 305 g/mol. The summed E-state index contributed by atoms with van der Waals surface area (Å²) in [5, 5.41) is 0. The van der Waals surface area contributed by atoms with E-state index in [0.29, 0.717) is 6.54 Å². The molecule has 1 fully saturated rings. The zero-order chi connectivity index (χ0) is 16.3. The van der Waals surface area contributed by atoms with Crippen LogP contribution in [0.1, 0.15) is 46.4 Å². The summed E-state index contributed by atoms with van der Waals surface area (Å²) in [6, 6.07) is 6.38. The van der Waals surface area contributed by atoms with E-state index in [1.165, 1.54) is 0 Å². The first-order valence-electron chi connectivity index (χ1n) is 7.92. The fourth-order valence-electron chi connectivity index (χ4n) is 2.74. The van der Waals surface area contributed by atoms with Gasteiger partial charge in [0.05, 0.1) is 5.69 Å². The number of piperazine rings is 1. The van der Waals surface area contributed by atoms with Gasteiger partial charge in [0.25, 0.3) is 0 Å².